The summed E-state index contributed by atoms with van der Waals surface area (Å²) in [5.74, 6) is -1.18. The first-order chi connectivity index (χ1) is 28.0. The van der Waals surface area contributed by atoms with Crippen LogP contribution >= 0.6 is 0 Å². The van der Waals surface area contributed by atoms with Gasteiger partial charge in [-0.3, -0.25) is 9.59 Å². The minimum absolute atomic E-state index is 0.00446. The molecule has 4 heterocycles. The minimum Gasteiger partial charge on any atom is -0.486 e. The summed E-state index contributed by atoms with van der Waals surface area (Å²) in [4.78, 5) is 32.3. The summed E-state index contributed by atoms with van der Waals surface area (Å²) < 4.78 is 73.6. The smallest absolute Gasteiger partial charge is 0.486 e. The molecule has 0 saturated carbocycles. The molecule has 1 aromatic heterocycles. The number of nitrogens with one attached hydrogen (secondary N) is 2. The third-order valence-electron chi connectivity index (χ3n) is 12.7. The molecular formula is C44H41F3N4O7. The molecule has 1 spiro atoms. The van der Waals surface area contributed by atoms with E-state index in [9.17, 15) is 13.2 Å². The highest BCUT2D eigenvalue weighted by Gasteiger charge is 2.79. The van der Waals surface area contributed by atoms with Gasteiger partial charge in [0.25, 0.3) is 5.88 Å². The quantitative estimate of drug-likeness (QED) is 0.119. The summed E-state index contributed by atoms with van der Waals surface area (Å²) in [7, 11) is 1.90. The van der Waals surface area contributed by atoms with Crippen LogP contribution in [0.3, 0.4) is 0 Å². The molecule has 0 bridgehead atoms. The molecule has 3 aliphatic carbocycles. The lowest BCUT2D eigenvalue weighted by Crippen LogP contribution is -2.57. The minimum atomic E-state index is -5.05. The Kier molecular flexibility index (Phi) is 8.54. The topological polar surface area (TPSA) is 128 Å². The number of epoxide rings is 1. The molecule has 300 valence electrons. The zero-order valence-electron chi connectivity index (χ0n) is 31.7. The van der Waals surface area contributed by atoms with Crippen LogP contribution in [0.4, 0.5) is 18.9 Å². The number of alkyl halides is 3. The fraction of sp³-hybridized carbons (Fsp3) is 0.386. The van der Waals surface area contributed by atoms with Crippen LogP contribution in [0.2, 0.25) is 0 Å². The average Bonchev–Trinajstić information content (AvgIpc) is 3.55. The summed E-state index contributed by atoms with van der Waals surface area (Å²) in [6.45, 7) is 6.01. The van der Waals surface area contributed by atoms with Crippen molar-refractivity contribution in [3.8, 4) is 17.4 Å². The van der Waals surface area contributed by atoms with Gasteiger partial charge in [-0.1, -0.05) is 66.7 Å². The van der Waals surface area contributed by atoms with E-state index in [1.54, 1.807) is 6.08 Å². The van der Waals surface area contributed by atoms with Crippen molar-refractivity contribution >= 4 is 17.3 Å². The highest BCUT2D eigenvalue weighted by atomic mass is 19.4. The average molecular weight is 795 g/mol. The molecule has 2 fully saturated rings. The molecule has 2 N–H and O–H groups in total. The van der Waals surface area contributed by atoms with Crippen molar-refractivity contribution in [3.63, 3.8) is 0 Å². The van der Waals surface area contributed by atoms with Gasteiger partial charge < -0.3 is 39.0 Å². The van der Waals surface area contributed by atoms with Crippen LogP contribution in [0.5, 0.6) is 17.4 Å². The molecule has 3 aromatic carbocycles. The zero-order chi connectivity index (χ0) is 40.0. The van der Waals surface area contributed by atoms with Gasteiger partial charge in [-0.2, -0.15) is 0 Å². The van der Waals surface area contributed by atoms with Crippen molar-refractivity contribution < 1.29 is 46.2 Å². The first-order valence-corrected chi connectivity index (χ1v) is 19.6. The van der Waals surface area contributed by atoms with E-state index in [2.05, 4.69) is 22.4 Å². The molecule has 4 aromatic rings. The van der Waals surface area contributed by atoms with E-state index in [1.165, 1.54) is 0 Å². The Morgan fingerprint density at radius 3 is 2.45 bits per heavy atom. The van der Waals surface area contributed by atoms with E-state index in [-0.39, 0.29) is 83.8 Å². The molecule has 0 amide bonds. The van der Waals surface area contributed by atoms with E-state index in [4.69, 9.17) is 23.5 Å². The van der Waals surface area contributed by atoms with E-state index < -0.39 is 40.9 Å². The number of carbonyl (C=O) groups is 2. The van der Waals surface area contributed by atoms with E-state index in [1.807, 2.05) is 72.6 Å². The molecule has 14 heteroatoms. The molecule has 0 radical (unpaired) electrons. The summed E-state index contributed by atoms with van der Waals surface area (Å²) in [5.41, 5.74) is 0.330. The third-order valence-corrected chi connectivity index (χ3v) is 12.7. The molecule has 58 heavy (non-hydrogen) atoms. The van der Waals surface area contributed by atoms with Crippen molar-refractivity contribution in [1.82, 2.24) is 15.4 Å². The number of hydrogen-bond acceptors (Lipinski definition) is 11. The SMILES string of the molecule is C=CCN(C)C[C@]12Cc3onc(OCc4ccccc4)c3C(=O)[C@]13OC3=C1C(=O)c3c(c(OC(F)(F)F)c4c(c3OCc3ccccc3)NCC3CCNC43)CC1C2. The van der Waals surface area contributed by atoms with Crippen LogP contribution in [0, 0.1) is 17.3 Å². The van der Waals surface area contributed by atoms with Crippen LogP contribution in [0.15, 0.2) is 89.2 Å². The van der Waals surface area contributed by atoms with Gasteiger partial charge in [0.05, 0.1) is 11.3 Å². The number of fused-ring (bicyclic) bond motifs is 6. The van der Waals surface area contributed by atoms with Crippen molar-refractivity contribution in [2.45, 2.75) is 56.9 Å². The normalized spacial score (nSPS) is 26.2. The number of halogens is 3. The second kappa shape index (κ2) is 13.5. The lowest BCUT2D eigenvalue weighted by atomic mass is 9.54. The number of carbonyl (C=O) groups excluding carboxylic acids is 2. The first kappa shape index (κ1) is 36.7. The molecule has 2 saturated heterocycles. The van der Waals surface area contributed by atoms with Crippen molar-refractivity contribution in [2.24, 2.45) is 17.3 Å². The fourth-order valence-electron chi connectivity index (χ4n) is 10.4. The molecule has 10 rings (SSSR count). The molecule has 5 atom stereocenters. The standard InChI is InChI=1S/C44H41F3N4O7/c1-3-16-51(2)23-42-18-27-17-28-31(36(52)30(27)40-43(42,57-40)39(53)32-29(19-42)58-50-41(32)55-22-25-12-8-5-9-13-25)38(54-21-24-10-6-4-7-11-24)35-33(37(28)56-44(45,46)47)34-26(20-49-35)14-15-48-34/h3-13,26-27,34,48-49H,1,14-23H2,2H3/t26?,27?,34?,42-,43+/m0/s1. The lowest BCUT2D eigenvalue weighted by molar-refractivity contribution is -0.275. The van der Waals surface area contributed by atoms with Gasteiger partial charge in [0.15, 0.2) is 23.1 Å². The van der Waals surface area contributed by atoms with E-state index >= 15 is 9.59 Å². The Balaban J connectivity index is 1.13. The van der Waals surface area contributed by atoms with Crippen LogP contribution in [-0.4, -0.2) is 66.8 Å². The van der Waals surface area contributed by atoms with Gasteiger partial charge >= 0.3 is 6.36 Å². The second-order valence-electron chi connectivity index (χ2n) is 16.3. The first-order valence-electron chi connectivity index (χ1n) is 19.6. The summed E-state index contributed by atoms with van der Waals surface area (Å²) in [6.07, 6.45) is -2.07. The fourth-order valence-corrected chi connectivity index (χ4v) is 10.4. The maximum Gasteiger partial charge on any atom is 0.573 e. The van der Waals surface area contributed by atoms with Gasteiger partial charge in [0, 0.05) is 54.2 Å². The van der Waals surface area contributed by atoms with Crippen LogP contribution in [0.1, 0.15) is 67.6 Å². The number of Topliss-reactive ketones (excluding diaryl/α,β-unsaturated/α-hetero) is 2. The largest absolute Gasteiger partial charge is 0.573 e. The van der Waals surface area contributed by atoms with Crippen molar-refractivity contribution in [2.75, 3.05) is 38.5 Å². The predicted octanol–water partition coefficient (Wildman–Crippen LogP) is 7.13. The monoisotopic (exact) mass is 794 g/mol. The van der Waals surface area contributed by atoms with Gasteiger partial charge in [0.1, 0.15) is 24.5 Å². The van der Waals surface area contributed by atoms with Crippen molar-refractivity contribution in [3.05, 3.63) is 124 Å². The predicted molar refractivity (Wildman–Crippen MR) is 204 cm³/mol. The number of aromatic nitrogens is 1. The van der Waals surface area contributed by atoms with Gasteiger partial charge in [0.2, 0.25) is 11.4 Å². The Morgan fingerprint density at radius 2 is 1.74 bits per heavy atom. The number of anilines is 1. The molecule has 11 nitrogen and oxygen atoms in total. The number of nitrogens with zero attached hydrogens (tertiary/aromatic N) is 2. The highest BCUT2D eigenvalue weighted by molar-refractivity contribution is 6.19. The Morgan fingerprint density at radius 1 is 1.02 bits per heavy atom. The summed E-state index contributed by atoms with van der Waals surface area (Å²) in [6, 6.07) is 18.4. The Bertz CT molecular complexity index is 2380. The number of rotatable bonds is 11. The van der Waals surface area contributed by atoms with Crippen LogP contribution in [0.25, 0.3) is 0 Å². The van der Waals surface area contributed by atoms with Gasteiger partial charge in [-0.05, 0) is 61.0 Å². The maximum atomic E-state index is 15.3. The Labute approximate surface area is 332 Å². The number of ketones is 2. The molecule has 3 unspecified atom stereocenters. The second-order valence-corrected chi connectivity index (χ2v) is 16.3. The molecular weight excluding hydrogens is 753 g/mol. The number of likely N-dealkylation sites (N-methyl/N-ethyl adjacent to an activating group) is 1. The number of benzene rings is 3. The third kappa shape index (κ3) is 5.66. The number of allylic oxidation sites excluding steroid dienone is 1. The highest BCUT2D eigenvalue weighted by Crippen LogP contribution is 2.69. The van der Waals surface area contributed by atoms with Gasteiger partial charge in [-0.15, -0.1) is 19.8 Å². The van der Waals surface area contributed by atoms with Crippen molar-refractivity contribution in [1.29, 1.82) is 0 Å². The lowest BCUT2D eigenvalue weighted by Gasteiger charge is -2.46. The number of hydrogen-bond donors (Lipinski definition) is 2. The number of ether oxygens (including phenoxy) is 4. The summed E-state index contributed by atoms with van der Waals surface area (Å²) in [5, 5.41) is 10.9. The maximum absolute atomic E-state index is 15.3. The van der Waals surface area contributed by atoms with Crippen LogP contribution in [-0.2, 0) is 30.8 Å². The molecule has 3 aliphatic heterocycles. The van der Waals surface area contributed by atoms with Crippen LogP contribution < -0.4 is 24.8 Å². The molecule has 6 aliphatic rings. The van der Waals surface area contributed by atoms with Gasteiger partial charge in [-0.25, -0.2) is 0 Å². The summed E-state index contributed by atoms with van der Waals surface area (Å²) >= 11 is 0. The Hall–Kier alpha value is -5.60. The zero-order valence-corrected chi connectivity index (χ0v) is 31.7. The van der Waals surface area contributed by atoms with E-state index in [0.29, 0.717) is 43.2 Å². The van der Waals surface area contributed by atoms with E-state index in [0.717, 1.165) is 17.5 Å².